The molecule has 0 saturated heterocycles. The monoisotopic (exact) mass is 292 g/mol. The largest absolute Gasteiger partial charge is 0.347 e. The molecule has 0 aliphatic carbocycles. The van der Waals surface area contributed by atoms with Crippen LogP contribution >= 0.6 is 0 Å². The highest BCUT2D eigenvalue weighted by molar-refractivity contribution is 4.81. The molecular formula is C15H32O5. The van der Waals surface area contributed by atoms with Crippen LogP contribution in [0.5, 0.6) is 0 Å². The highest BCUT2D eigenvalue weighted by atomic mass is 16.9. The molecule has 0 aromatic heterocycles. The van der Waals surface area contributed by atoms with Crippen LogP contribution in [-0.4, -0.2) is 47.3 Å². The van der Waals surface area contributed by atoms with Crippen molar-refractivity contribution in [3.8, 4) is 0 Å². The minimum absolute atomic E-state index is 0.641. The van der Waals surface area contributed by atoms with E-state index in [9.17, 15) is 0 Å². The summed E-state index contributed by atoms with van der Waals surface area (Å²) in [6.45, 7) is 2.21. The van der Waals surface area contributed by atoms with E-state index in [1.807, 2.05) is 0 Å². The predicted octanol–water partition coefficient (Wildman–Crippen LogP) is 3.32. The molecule has 0 aromatic rings. The first-order valence-electron chi connectivity index (χ1n) is 7.37. The summed E-state index contributed by atoms with van der Waals surface area (Å²) in [4.78, 5) is 0. The normalized spacial score (nSPS) is 12.9. The van der Waals surface area contributed by atoms with E-state index >= 15 is 0 Å². The smallest absolute Gasteiger partial charge is 0.339 e. The van der Waals surface area contributed by atoms with E-state index < -0.39 is 11.8 Å². The fraction of sp³-hybridized carbons (Fsp3) is 1.00. The topological polar surface area (TPSA) is 46.2 Å². The van der Waals surface area contributed by atoms with Gasteiger partial charge in [-0.05, 0) is 6.42 Å². The number of unbranched alkanes of at least 4 members (excludes halogenated alkanes) is 5. The van der Waals surface area contributed by atoms with Crippen LogP contribution in [0.4, 0.5) is 0 Å². The molecule has 0 N–H and O–H groups in total. The zero-order valence-electron chi connectivity index (χ0n) is 14.0. The molecule has 0 spiro atoms. The minimum Gasteiger partial charge on any atom is -0.347 e. The van der Waals surface area contributed by atoms with E-state index in [2.05, 4.69) is 6.92 Å². The van der Waals surface area contributed by atoms with E-state index in [0.29, 0.717) is 6.42 Å². The molecule has 0 unspecified atom stereocenters. The molecule has 122 valence electrons. The maximum absolute atomic E-state index is 5.56. The quantitative estimate of drug-likeness (QED) is 0.385. The highest BCUT2D eigenvalue weighted by Gasteiger charge is 2.55. The standard InChI is InChI=1S/C15H32O5/c1-7-8-9-10-11-12-13-14(16-2,17-3)15(18-4,19-5)20-6/h7-13H2,1-6H3. The van der Waals surface area contributed by atoms with Crippen LogP contribution in [0.15, 0.2) is 0 Å². The van der Waals surface area contributed by atoms with Crippen molar-refractivity contribution < 1.29 is 23.7 Å². The average Bonchev–Trinajstić information content (AvgIpc) is 2.50. The SMILES string of the molecule is CCCCCCCCC(OC)(OC)C(OC)(OC)OC. The number of rotatable bonds is 13. The number of methoxy groups -OCH3 is 5. The van der Waals surface area contributed by atoms with Gasteiger partial charge < -0.3 is 23.7 Å². The molecule has 0 radical (unpaired) electrons. The molecule has 0 fully saturated rings. The zero-order valence-corrected chi connectivity index (χ0v) is 14.0. The van der Waals surface area contributed by atoms with Gasteiger partial charge in [0.15, 0.2) is 0 Å². The van der Waals surface area contributed by atoms with Crippen LogP contribution in [0.25, 0.3) is 0 Å². The Morgan fingerprint density at radius 2 is 1.05 bits per heavy atom. The van der Waals surface area contributed by atoms with Crippen molar-refractivity contribution in [2.24, 2.45) is 0 Å². The minimum atomic E-state index is -1.36. The summed E-state index contributed by atoms with van der Waals surface area (Å²) in [5.74, 6) is -2.43. The average molecular weight is 292 g/mol. The first-order valence-corrected chi connectivity index (χ1v) is 7.37. The fourth-order valence-corrected chi connectivity index (χ4v) is 2.55. The summed E-state index contributed by atoms with van der Waals surface area (Å²) < 4.78 is 27.3. The molecule has 0 saturated carbocycles. The van der Waals surface area contributed by atoms with Gasteiger partial charge >= 0.3 is 5.97 Å². The second kappa shape index (κ2) is 10.5. The molecule has 0 aliphatic rings. The van der Waals surface area contributed by atoms with Gasteiger partial charge in [0.2, 0.25) is 0 Å². The Bertz CT molecular complexity index is 216. The second-order valence-electron chi connectivity index (χ2n) is 4.85. The molecular weight excluding hydrogens is 260 g/mol. The van der Waals surface area contributed by atoms with Crippen molar-refractivity contribution in [3.05, 3.63) is 0 Å². The summed E-state index contributed by atoms with van der Waals surface area (Å²) >= 11 is 0. The van der Waals surface area contributed by atoms with E-state index in [-0.39, 0.29) is 0 Å². The molecule has 0 amide bonds. The Morgan fingerprint density at radius 1 is 0.600 bits per heavy atom. The van der Waals surface area contributed by atoms with Gasteiger partial charge in [-0.3, -0.25) is 0 Å². The Balaban J connectivity index is 4.59. The highest BCUT2D eigenvalue weighted by Crippen LogP contribution is 2.36. The lowest BCUT2D eigenvalue weighted by Gasteiger charge is -2.44. The van der Waals surface area contributed by atoms with Crippen LogP contribution in [0.1, 0.15) is 51.9 Å². The van der Waals surface area contributed by atoms with Gasteiger partial charge in [0.05, 0.1) is 0 Å². The first-order chi connectivity index (χ1) is 9.61. The van der Waals surface area contributed by atoms with Gasteiger partial charge in [-0.25, -0.2) is 0 Å². The zero-order chi connectivity index (χ0) is 15.5. The van der Waals surface area contributed by atoms with Gasteiger partial charge in [0.1, 0.15) is 0 Å². The van der Waals surface area contributed by atoms with Gasteiger partial charge in [0, 0.05) is 42.0 Å². The molecule has 0 rings (SSSR count). The van der Waals surface area contributed by atoms with E-state index in [0.717, 1.165) is 12.8 Å². The van der Waals surface area contributed by atoms with Gasteiger partial charge in [0.25, 0.3) is 5.79 Å². The second-order valence-corrected chi connectivity index (χ2v) is 4.85. The molecule has 0 heterocycles. The van der Waals surface area contributed by atoms with Gasteiger partial charge in [-0.2, -0.15) is 0 Å². The summed E-state index contributed by atoms with van der Waals surface area (Å²) in [7, 11) is 7.70. The summed E-state index contributed by atoms with van der Waals surface area (Å²) in [5.41, 5.74) is 0. The van der Waals surface area contributed by atoms with Gasteiger partial charge in [-0.15, -0.1) is 0 Å². The Hall–Kier alpha value is -0.200. The van der Waals surface area contributed by atoms with Crippen molar-refractivity contribution in [2.75, 3.05) is 35.5 Å². The van der Waals surface area contributed by atoms with Crippen molar-refractivity contribution in [1.29, 1.82) is 0 Å². The summed E-state index contributed by atoms with van der Waals surface area (Å²) in [6.07, 6.45) is 7.76. The summed E-state index contributed by atoms with van der Waals surface area (Å²) in [5, 5.41) is 0. The third-order valence-corrected chi connectivity index (χ3v) is 3.79. The van der Waals surface area contributed by atoms with E-state index in [1.165, 1.54) is 47.0 Å². The van der Waals surface area contributed by atoms with Crippen LogP contribution in [0, 0.1) is 0 Å². The molecule has 0 aromatic carbocycles. The van der Waals surface area contributed by atoms with Crippen molar-refractivity contribution in [2.45, 2.75) is 63.6 Å². The maximum Gasteiger partial charge on any atom is 0.339 e. The number of hydrogen-bond donors (Lipinski definition) is 0. The molecule has 5 heteroatoms. The first kappa shape index (κ1) is 19.8. The predicted molar refractivity (Wildman–Crippen MR) is 78.5 cm³/mol. The molecule has 5 nitrogen and oxygen atoms in total. The van der Waals surface area contributed by atoms with E-state index in [4.69, 9.17) is 23.7 Å². The van der Waals surface area contributed by atoms with Crippen LogP contribution in [-0.2, 0) is 23.7 Å². The lowest BCUT2D eigenvalue weighted by molar-refractivity contribution is -0.476. The van der Waals surface area contributed by atoms with Crippen molar-refractivity contribution in [3.63, 3.8) is 0 Å². The third kappa shape index (κ3) is 4.67. The number of ether oxygens (including phenoxy) is 5. The number of hydrogen-bond acceptors (Lipinski definition) is 5. The molecule has 0 atom stereocenters. The van der Waals surface area contributed by atoms with Crippen LogP contribution in [0.2, 0.25) is 0 Å². The summed E-state index contributed by atoms with van der Waals surface area (Å²) in [6, 6.07) is 0. The Morgan fingerprint density at radius 3 is 1.45 bits per heavy atom. The third-order valence-electron chi connectivity index (χ3n) is 3.79. The lowest BCUT2D eigenvalue weighted by Crippen LogP contribution is -2.60. The Labute approximate surface area is 123 Å². The van der Waals surface area contributed by atoms with Crippen molar-refractivity contribution >= 4 is 0 Å². The fourth-order valence-electron chi connectivity index (χ4n) is 2.55. The van der Waals surface area contributed by atoms with Crippen LogP contribution in [0.3, 0.4) is 0 Å². The lowest BCUT2D eigenvalue weighted by atomic mass is 10.0. The maximum atomic E-state index is 5.56. The molecule has 20 heavy (non-hydrogen) atoms. The van der Waals surface area contributed by atoms with Gasteiger partial charge in [-0.1, -0.05) is 39.0 Å². The van der Waals surface area contributed by atoms with E-state index in [1.54, 1.807) is 14.2 Å². The Kier molecular flexibility index (Phi) is 10.4. The molecule has 0 aliphatic heterocycles. The molecule has 0 bridgehead atoms. The van der Waals surface area contributed by atoms with Crippen LogP contribution < -0.4 is 0 Å². The van der Waals surface area contributed by atoms with Crippen molar-refractivity contribution in [1.82, 2.24) is 0 Å².